The van der Waals surface area contributed by atoms with Crippen LogP contribution < -0.4 is 9.64 Å². The molecule has 2 N–H and O–H groups in total. The van der Waals surface area contributed by atoms with Crippen molar-refractivity contribution in [2.45, 2.75) is 18.6 Å². The third kappa shape index (κ3) is 5.97. The van der Waals surface area contributed by atoms with Crippen molar-refractivity contribution in [2.75, 3.05) is 44.3 Å². The van der Waals surface area contributed by atoms with Crippen LogP contribution in [0.15, 0.2) is 66.7 Å². The highest BCUT2D eigenvalue weighted by Crippen LogP contribution is 2.38. The molecule has 0 saturated carbocycles. The lowest BCUT2D eigenvalue weighted by Crippen LogP contribution is -2.52. The molecular formula is C28H29ClFN3O3. The molecule has 8 heteroatoms. The minimum absolute atomic E-state index is 0.0848. The topological polar surface area (TPSA) is 80.0 Å². The molecule has 36 heavy (non-hydrogen) atoms. The Kier molecular flexibility index (Phi) is 8.12. The van der Waals surface area contributed by atoms with Gasteiger partial charge in [-0.15, -0.1) is 0 Å². The molecule has 1 fully saturated rings. The van der Waals surface area contributed by atoms with E-state index in [1.54, 1.807) is 43.3 Å². The van der Waals surface area contributed by atoms with Crippen LogP contribution in [0, 0.1) is 17.1 Å². The number of ether oxygens (including phenoxy) is 1. The molecule has 1 aliphatic rings. The van der Waals surface area contributed by atoms with Crippen molar-refractivity contribution in [3.63, 3.8) is 0 Å². The van der Waals surface area contributed by atoms with Gasteiger partial charge in [0.1, 0.15) is 18.2 Å². The highest BCUT2D eigenvalue weighted by molar-refractivity contribution is 6.33. The standard InChI is InChI=1S/C28H29ClFN3O3/c1-28(35,22-4-2-3-20(15-22)17-31)19-32-11-12-33(27(18-32)21-5-7-23(30)8-6-21)26-10-9-24(16-25(26)29)36-14-13-34/h2-10,15-16,27,34-35H,11-14,18-19H2,1H3/t27-,28+/m0/s1. The lowest BCUT2D eigenvalue weighted by Gasteiger charge is -2.45. The number of nitrogens with zero attached hydrogens (tertiary/aromatic N) is 3. The van der Waals surface area contributed by atoms with E-state index in [1.807, 2.05) is 18.2 Å². The maximum absolute atomic E-state index is 13.7. The zero-order valence-corrected chi connectivity index (χ0v) is 20.8. The van der Waals surface area contributed by atoms with Crippen molar-refractivity contribution < 1.29 is 19.3 Å². The van der Waals surface area contributed by atoms with Crippen LogP contribution in [0.5, 0.6) is 5.75 Å². The number of benzene rings is 3. The molecule has 1 heterocycles. The van der Waals surface area contributed by atoms with Gasteiger partial charge in [0.05, 0.1) is 40.6 Å². The fraction of sp³-hybridized carbons (Fsp3) is 0.321. The Hall–Kier alpha value is -3.15. The van der Waals surface area contributed by atoms with Crippen LogP contribution in [0.3, 0.4) is 0 Å². The van der Waals surface area contributed by atoms with Crippen LogP contribution in [0.25, 0.3) is 0 Å². The summed E-state index contributed by atoms with van der Waals surface area (Å²) in [6, 6.07) is 20.9. The van der Waals surface area contributed by atoms with Crippen LogP contribution in [0.2, 0.25) is 5.02 Å². The molecule has 0 amide bonds. The molecule has 6 nitrogen and oxygen atoms in total. The summed E-state index contributed by atoms with van der Waals surface area (Å²) in [6.45, 7) is 4.11. The average Bonchev–Trinajstić information content (AvgIpc) is 2.88. The lowest BCUT2D eigenvalue weighted by molar-refractivity contribution is 0.0103. The minimum atomic E-state index is -1.16. The summed E-state index contributed by atoms with van der Waals surface area (Å²) in [6.07, 6.45) is 0. The summed E-state index contributed by atoms with van der Waals surface area (Å²) in [4.78, 5) is 4.36. The Labute approximate surface area is 215 Å². The molecule has 1 aliphatic heterocycles. The van der Waals surface area contributed by atoms with Gasteiger partial charge in [-0.25, -0.2) is 4.39 Å². The molecule has 1 saturated heterocycles. The summed E-state index contributed by atoms with van der Waals surface area (Å²) in [5, 5.41) is 30.1. The lowest BCUT2D eigenvalue weighted by atomic mass is 9.92. The number of hydrogen-bond donors (Lipinski definition) is 2. The van der Waals surface area contributed by atoms with Crippen LogP contribution in [-0.4, -0.2) is 54.5 Å². The van der Waals surface area contributed by atoms with Crippen molar-refractivity contribution in [3.8, 4) is 11.8 Å². The van der Waals surface area contributed by atoms with E-state index in [1.165, 1.54) is 12.1 Å². The second kappa shape index (κ2) is 11.3. The molecule has 0 radical (unpaired) electrons. The Bertz CT molecular complexity index is 1230. The van der Waals surface area contributed by atoms with Crippen LogP contribution in [0.4, 0.5) is 10.1 Å². The smallest absolute Gasteiger partial charge is 0.123 e. The average molecular weight is 510 g/mol. The van der Waals surface area contributed by atoms with Crippen LogP contribution in [0.1, 0.15) is 29.7 Å². The zero-order valence-electron chi connectivity index (χ0n) is 20.1. The molecule has 188 valence electrons. The number of anilines is 1. The molecule has 2 atom stereocenters. The van der Waals surface area contributed by atoms with Crippen molar-refractivity contribution in [2.24, 2.45) is 0 Å². The quantitative estimate of drug-likeness (QED) is 0.465. The zero-order chi connectivity index (χ0) is 25.7. The number of aliphatic hydroxyl groups excluding tert-OH is 1. The normalized spacial score (nSPS) is 17.9. The van der Waals surface area contributed by atoms with E-state index in [-0.39, 0.29) is 25.1 Å². The summed E-state index contributed by atoms with van der Waals surface area (Å²) < 4.78 is 19.2. The number of piperazine rings is 1. The molecule has 3 aromatic carbocycles. The highest BCUT2D eigenvalue weighted by atomic mass is 35.5. The van der Waals surface area contributed by atoms with Crippen molar-refractivity contribution in [1.29, 1.82) is 5.26 Å². The van der Waals surface area contributed by atoms with E-state index in [9.17, 15) is 14.8 Å². The van der Waals surface area contributed by atoms with Gasteiger partial charge in [-0.2, -0.15) is 5.26 Å². The highest BCUT2D eigenvalue weighted by Gasteiger charge is 2.34. The van der Waals surface area contributed by atoms with E-state index >= 15 is 0 Å². The van der Waals surface area contributed by atoms with Crippen molar-refractivity contribution >= 4 is 17.3 Å². The summed E-state index contributed by atoms with van der Waals surface area (Å²) in [7, 11) is 0. The second-order valence-corrected chi connectivity index (χ2v) is 9.55. The fourth-order valence-corrected chi connectivity index (χ4v) is 4.95. The fourth-order valence-electron chi connectivity index (χ4n) is 4.67. The predicted molar refractivity (Wildman–Crippen MR) is 138 cm³/mol. The maximum atomic E-state index is 13.7. The first kappa shape index (κ1) is 25.9. The van der Waals surface area contributed by atoms with Gasteiger partial charge in [0, 0.05) is 32.2 Å². The first-order valence-corrected chi connectivity index (χ1v) is 12.2. The van der Waals surface area contributed by atoms with Gasteiger partial charge < -0.3 is 19.8 Å². The monoisotopic (exact) mass is 509 g/mol. The van der Waals surface area contributed by atoms with Gasteiger partial charge in [0.2, 0.25) is 0 Å². The van der Waals surface area contributed by atoms with Crippen LogP contribution in [-0.2, 0) is 5.60 Å². The number of nitriles is 1. The van der Waals surface area contributed by atoms with Crippen molar-refractivity contribution in [3.05, 3.63) is 94.3 Å². The van der Waals surface area contributed by atoms with Gasteiger partial charge in [-0.1, -0.05) is 35.9 Å². The Morgan fingerprint density at radius 2 is 1.92 bits per heavy atom. The summed E-state index contributed by atoms with van der Waals surface area (Å²) >= 11 is 6.65. The first-order chi connectivity index (χ1) is 17.3. The molecule has 3 aromatic rings. The van der Waals surface area contributed by atoms with Gasteiger partial charge in [-0.05, 0) is 54.4 Å². The SMILES string of the molecule is C[C@@](O)(CN1CCN(c2ccc(OCCO)cc2Cl)[C@H](c2ccc(F)cc2)C1)c1cccc(C#N)c1. The molecule has 0 aromatic heterocycles. The number of rotatable bonds is 8. The second-order valence-electron chi connectivity index (χ2n) is 9.15. The number of aliphatic hydroxyl groups is 2. The third-order valence-electron chi connectivity index (χ3n) is 6.45. The van der Waals surface area contributed by atoms with Gasteiger partial charge >= 0.3 is 0 Å². The molecule has 0 spiro atoms. The maximum Gasteiger partial charge on any atom is 0.123 e. The van der Waals surface area contributed by atoms with E-state index in [0.29, 0.717) is 48.1 Å². The number of halogens is 2. The number of β-amino-alcohol motifs (C(OH)–C–C–N with tert-alkyl or cyclic N) is 1. The molecular weight excluding hydrogens is 481 g/mol. The summed E-state index contributed by atoms with van der Waals surface area (Å²) in [5.41, 5.74) is 1.79. The van der Waals surface area contributed by atoms with E-state index < -0.39 is 5.60 Å². The Morgan fingerprint density at radius 3 is 2.61 bits per heavy atom. The van der Waals surface area contributed by atoms with Crippen molar-refractivity contribution in [1.82, 2.24) is 4.90 Å². The van der Waals surface area contributed by atoms with Gasteiger partial charge in [0.15, 0.2) is 0 Å². The predicted octanol–water partition coefficient (Wildman–Crippen LogP) is 4.49. The molecule has 0 unspecified atom stereocenters. The first-order valence-electron chi connectivity index (χ1n) is 11.8. The van der Waals surface area contributed by atoms with Crippen LogP contribution >= 0.6 is 11.6 Å². The largest absolute Gasteiger partial charge is 0.491 e. The molecule has 0 aliphatic carbocycles. The Balaban J connectivity index is 1.59. The molecule has 4 rings (SSSR count). The van der Waals surface area contributed by atoms with E-state index in [4.69, 9.17) is 21.4 Å². The van der Waals surface area contributed by atoms with E-state index in [0.717, 1.165) is 11.3 Å². The van der Waals surface area contributed by atoms with Gasteiger partial charge in [-0.3, -0.25) is 4.90 Å². The minimum Gasteiger partial charge on any atom is -0.491 e. The van der Waals surface area contributed by atoms with E-state index in [2.05, 4.69) is 15.9 Å². The third-order valence-corrected chi connectivity index (χ3v) is 6.76. The Morgan fingerprint density at radius 1 is 1.14 bits per heavy atom. The summed E-state index contributed by atoms with van der Waals surface area (Å²) in [5.74, 6) is 0.270. The molecule has 0 bridgehead atoms. The number of hydrogen-bond acceptors (Lipinski definition) is 6. The van der Waals surface area contributed by atoms with Gasteiger partial charge in [0.25, 0.3) is 0 Å².